The number of sulfonamides is 1. The molecule has 1 saturated heterocycles. The van der Waals surface area contributed by atoms with E-state index in [0.717, 1.165) is 18.2 Å². The molecule has 1 aliphatic rings. The van der Waals surface area contributed by atoms with E-state index in [0.29, 0.717) is 47.7 Å². The monoisotopic (exact) mass is 623 g/mol. The summed E-state index contributed by atoms with van der Waals surface area (Å²) in [7, 11) is -3.43. The Labute approximate surface area is 251 Å². The van der Waals surface area contributed by atoms with E-state index in [-0.39, 0.29) is 29.3 Å². The van der Waals surface area contributed by atoms with Gasteiger partial charge in [-0.1, -0.05) is 6.07 Å². The van der Waals surface area contributed by atoms with Crippen molar-refractivity contribution in [3.63, 3.8) is 0 Å². The third kappa shape index (κ3) is 6.17. The van der Waals surface area contributed by atoms with Crippen molar-refractivity contribution in [3.05, 3.63) is 72.7 Å². The third-order valence-electron chi connectivity index (χ3n) is 6.91. The number of aromatic nitrogens is 4. The largest absolute Gasteiger partial charge is 0.480 e. The molecule has 1 fully saturated rings. The van der Waals surface area contributed by atoms with Crippen LogP contribution in [0.1, 0.15) is 13.8 Å². The van der Waals surface area contributed by atoms with E-state index >= 15 is 0 Å². The zero-order valence-electron chi connectivity index (χ0n) is 23.9. The number of fused-ring (bicyclic) bond motifs is 1. The molecule has 4 aromatic rings. The lowest BCUT2D eigenvalue weighted by Crippen LogP contribution is -2.53. The number of carbonyl (C=O) groups is 2. The summed E-state index contributed by atoms with van der Waals surface area (Å²) in [4.78, 5) is 44.0. The number of ether oxygens (including phenoxy) is 1. The fraction of sp³-hybridized carbons (Fsp3) is 0.241. The maximum atomic E-state index is 14.3. The van der Waals surface area contributed by atoms with Crippen LogP contribution >= 0.6 is 0 Å². The van der Waals surface area contributed by atoms with Crippen molar-refractivity contribution in [2.24, 2.45) is 0 Å². The first-order chi connectivity index (χ1) is 21.0. The number of hydrogen-bond acceptors (Lipinski definition) is 10. The molecule has 0 bridgehead atoms. The van der Waals surface area contributed by atoms with Crippen LogP contribution in [-0.4, -0.2) is 77.7 Å². The van der Waals surface area contributed by atoms with Crippen molar-refractivity contribution in [2.75, 3.05) is 36.4 Å². The highest BCUT2D eigenvalue weighted by Gasteiger charge is 2.29. The number of anilines is 2. The highest BCUT2D eigenvalue weighted by atomic mass is 32.2. The zero-order chi connectivity index (χ0) is 31.6. The molecule has 0 radical (unpaired) electrons. The fourth-order valence-corrected chi connectivity index (χ4v) is 6.02. The van der Waals surface area contributed by atoms with Crippen LogP contribution in [0, 0.1) is 11.6 Å². The lowest BCUT2D eigenvalue weighted by atomic mass is 10.1. The summed E-state index contributed by atoms with van der Waals surface area (Å²) in [5.41, 5.74) is 1.60. The van der Waals surface area contributed by atoms with E-state index in [9.17, 15) is 26.8 Å². The first-order valence-corrected chi connectivity index (χ1v) is 14.8. The number of amides is 1. The Morgan fingerprint density at radius 3 is 2.50 bits per heavy atom. The van der Waals surface area contributed by atoms with E-state index in [1.165, 1.54) is 44.8 Å². The van der Waals surface area contributed by atoms with Gasteiger partial charge in [-0.15, -0.1) is 0 Å². The summed E-state index contributed by atoms with van der Waals surface area (Å²) in [6, 6.07) is 7.37. The molecular formula is C29H27F2N7O5S. The van der Waals surface area contributed by atoms with E-state index in [2.05, 4.69) is 19.7 Å². The smallest absolute Gasteiger partial charge is 0.267 e. The first-order valence-electron chi connectivity index (χ1n) is 13.4. The van der Waals surface area contributed by atoms with Crippen molar-refractivity contribution >= 4 is 44.3 Å². The van der Waals surface area contributed by atoms with Crippen molar-refractivity contribution < 1.29 is 31.5 Å². The van der Waals surface area contributed by atoms with Crippen LogP contribution in [0.15, 0.2) is 66.0 Å². The molecule has 1 N–H and O–H groups in total. The summed E-state index contributed by atoms with van der Waals surface area (Å²) < 4.78 is 61.9. The van der Waals surface area contributed by atoms with Crippen LogP contribution in [0.4, 0.5) is 20.3 Å². The SMILES string of the molecule is COc1ncc(-c2ccc3ncnc(N4CCN(C(=O)C=CC(C)=O)CC4C)c3n2)cc1NS(=O)(=O)c1c(F)cccc1F. The summed E-state index contributed by atoms with van der Waals surface area (Å²) in [6.07, 6.45) is 5.34. The molecule has 0 spiro atoms. The molecule has 1 aliphatic heterocycles. The van der Waals surface area contributed by atoms with Gasteiger partial charge in [-0.3, -0.25) is 14.3 Å². The number of rotatable bonds is 8. The average molecular weight is 624 g/mol. The molecular weight excluding hydrogens is 596 g/mol. The fourth-order valence-electron chi connectivity index (χ4n) is 4.83. The van der Waals surface area contributed by atoms with Crippen molar-refractivity contribution in [2.45, 2.75) is 24.8 Å². The van der Waals surface area contributed by atoms with Gasteiger partial charge in [-0.2, -0.15) is 0 Å². The lowest BCUT2D eigenvalue weighted by Gasteiger charge is -2.40. The number of piperazine rings is 1. The average Bonchev–Trinajstić information content (AvgIpc) is 2.99. The Morgan fingerprint density at radius 1 is 1.07 bits per heavy atom. The topological polar surface area (TPSA) is 148 Å². The Bertz CT molecular complexity index is 1880. The predicted octanol–water partition coefficient (Wildman–Crippen LogP) is 3.36. The Morgan fingerprint density at radius 2 is 1.82 bits per heavy atom. The zero-order valence-corrected chi connectivity index (χ0v) is 24.7. The molecule has 1 aromatic carbocycles. The Balaban J connectivity index is 1.47. The molecule has 1 atom stereocenters. The number of benzene rings is 1. The number of hydrogen-bond donors (Lipinski definition) is 1. The van der Waals surface area contributed by atoms with Crippen molar-refractivity contribution in [1.82, 2.24) is 24.8 Å². The maximum Gasteiger partial charge on any atom is 0.267 e. The summed E-state index contributed by atoms with van der Waals surface area (Å²) >= 11 is 0. The van der Waals surface area contributed by atoms with Crippen LogP contribution in [0.2, 0.25) is 0 Å². The number of ketones is 1. The summed E-state index contributed by atoms with van der Waals surface area (Å²) in [5, 5.41) is 0. The van der Waals surface area contributed by atoms with E-state index in [1.807, 2.05) is 11.8 Å². The van der Waals surface area contributed by atoms with Gasteiger partial charge in [0.1, 0.15) is 29.2 Å². The van der Waals surface area contributed by atoms with E-state index in [1.54, 1.807) is 17.0 Å². The molecule has 1 unspecified atom stereocenters. The molecule has 12 nitrogen and oxygen atoms in total. The minimum absolute atomic E-state index is 0.127. The van der Waals surface area contributed by atoms with Gasteiger partial charge >= 0.3 is 0 Å². The molecule has 3 aromatic heterocycles. The number of methoxy groups -OCH3 is 1. The molecule has 0 saturated carbocycles. The minimum atomic E-state index is -4.70. The number of nitrogens with zero attached hydrogens (tertiary/aromatic N) is 6. The second-order valence-electron chi connectivity index (χ2n) is 9.97. The number of allylic oxidation sites excluding steroid dienone is 1. The van der Waals surface area contributed by atoms with Crippen LogP contribution in [0.3, 0.4) is 0 Å². The highest BCUT2D eigenvalue weighted by Crippen LogP contribution is 2.32. The molecule has 1 amide bonds. The second-order valence-corrected chi connectivity index (χ2v) is 11.6. The highest BCUT2D eigenvalue weighted by molar-refractivity contribution is 7.92. The minimum Gasteiger partial charge on any atom is -0.480 e. The van der Waals surface area contributed by atoms with Crippen LogP contribution in [-0.2, 0) is 19.6 Å². The third-order valence-corrected chi connectivity index (χ3v) is 8.32. The van der Waals surface area contributed by atoms with Gasteiger partial charge in [0, 0.05) is 43.5 Å². The van der Waals surface area contributed by atoms with E-state index < -0.39 is 26.6 Å². The lowest BCUT2D eigenvalue weighted by molar-refractivity contribution is -0.127. The summed E-state index contributed by atoms with van der Waals surface area (Å²) in [5.74, 6) is -2.57. The molecule has 15 heteroatoms. The van der Waals surface area contributed by atoms with Gasteiger partial charge < -0.3 is 14.5 Å². The van der Waals surface area contributed by atoms with Gasteiger partial charge in [0.15, 0.2) is 16.5 Å². The number of carbonyl (C=O) groups excluding carboxylic acids is 2. The van der Waals surface area contributed by atoms with Gasteiger partial charge in [0.25, 0.3) is 10.0 Å². The van der Waals surface area contributed by atoms with Gasteiger partial charge in [0.2, 0.25) is 11.8 Å². The van der Waals surface area contributed by atoms with Crippen molar-refractivity contribution in [3.8, 4) is 17.1 Å². The van der Waals surface area contributed by atoms with Gasteiger partial charge in [0.05, 0.1) is 18.3 Å². The van der Waals surface area contributed by atoms with Crippen LogP contribution < -0.4 is 14.4 Å². The first kappa shape index (κ1) is 30.4. The summed E-state index contributed by atoms with van der Waals surface area (Å²) in [6.45, 7) is 4.55. The van der Waals surface area contributed by atoms with Crippen molar-refractivity contribution in [1.29, 1.82) is 0 Å². The number of pyridine rings is 2. The Kier molecular flexibility index (Phi) is 8.49. The predicted molar refractivity (Wildman–Crippen MR) is 157 cm³/mol. The van der Waals surface area contributed by atoms with E-state index in [4.69, 9.17) is 9.72 Å². The number of halogens is 2. The quantitative estimate of drug-likeness (QED) is 0.290. The molecule has 44 heavy (non-hydrogen) atoms. The number of nitrogens with one attached hydrogen (secondary N) is 1. The van der Waals surface area contributed by atoms with Gasteiger partial charge in [-0.05, 0) is 50.3 Å². The molecule has 228 valence electrons. The molecule has 4 heterocycles. The standard InChI is InChI=1S/C29H27F2N7O5S/c1-17-15-37(25(40)10-7-18(2)39)11-12-38(17)28-26-23(33-16-34-28)9-8-22(35-26)19-13-24(29(43-3)32-14-19)36-44(41,42)27-20(30)5-4-6-21(27)31/h4-10,13-14,16-17,36H,11-12,15H2,1-3H3. The molecule has 0 aliphatic carbocycles. The van der Waals surface area contributed by atoms with Gasteiger partial charge in [-0.25, -0.2) is 37.1 Å². The van der Waals surface area contributed by atoms with Crippen LogP contribution in [0.25, 0.3) is 22.3 Å². The maximum absolute atomic E-state index is 14.3. The normalized spacial score (nSPS) is 15.5. The Hall–Kier alpha value is -5.05. The second kappa shape index (κ2) is 12.3. The van der Waals surface area contributed by atoms with Crippen LogP contribution in [0.5, 0.6) is 5.88 Å². The molecule has 5 rings (SSSR count).